The Morgan fingerprint density at radius 1 is 1.29 bits per heavy atom. The van der Waals surface area contributed by atoms with Gasteiger partial charge >= 0.3 is 0 Å². The normalized spacial score (nSPS) is 14.4. The van der Waals surface area contributed by atoms with E-state index in [1.165, 1.54) is 23.4 Å². The molecule has 0 aliphatic heterocycles. The number of hydrogen-bond acceptors (Lipinski definition) is 5. The molecule has 0 fully saturated rings. The van der Waals surface area contributed by atoms with Crippen molar-refractivity contribution in [1.29, 1.82) is 0 Å². The number of aromatic nitrogens is 2. The summed E-state index contributed by atoms with van der Waals surface area (Å²) in [6.45, 7) is 0. The Balaban J connectivity index is 1.86. The lowest BCUT2D eigenvalue weighted by Crippen LogP contribution is -2.00. The van der Waals surface area contributed by atoms with Crippen LogP contribution in [0.25, 0.3) is 0 Å². The molecule has 1 aliphatic rings. The van der Waals surface area contributed by atoms with Gasteiger partial charge in [-0.3, -0.25) is 0 Å². The Labute approximate surface area is 104 Å². The highest BCUT2D eigenvalue weighted by atomic mass is 32.1. The molecule has 3 rings (SSSR count). The average Bonchev–Trinajstić information content (AvgIpc) is 2.74. The number of anilines is 3. The van der Waals surface area contributed by atoms with E-state index in [4.69, 9.17) is 5.73 Å². The highest BCUT2D eigenvalue weighted by Crippen LogP contribution is 2.31. The molecule has 0 spiro atoms. The summed E-state index contributed by atoms with van der Waals surface area (Å²) in [6, 6.07) is 3.66. The van der Waals surface area contributed by atoms with E-state index in [0.29, 0.717) is 11.5 Å². The fourth-order valence-corrected chi connectivity index (χ4v) is 3.08. The van der Waals surface area contributed by atoms with E-state index >= 15 is 0 Å². The van der Waals surface area contributed by atoms with Gasteiger partial charge in [-0.05, 0) is 37.8 Å². The molecule has 3 N–H and O–H groups in total. The Morgan fingerprint density at radius 2 is 2.18 bits per heavy atom. The number of thiazole rings is 1. The van der Waals surface area contributed by atoms with Gasteiger partial charge in [-0.2, -0.15) is 0 Å². The first-order chi connectivity index (χ1) is 8.33. The predicted octanol–water partition coefficient (Wildman–Crippen LogP) is 2.74. The topological polar surface area (TPSA) is 63.8 Å². The molecule has 0 saturated heterocycles. The molecule has 0 atom stereocenters. The van der Waals surface area contributed by atoms with Crippen molar-refractivity contribution in [2.24, 2.45) is 0 Å². The van der Waals surface area contributed by atoms with E-state index < -0.39 is 0 Å². The lowest BCUT2D eigenvalue weighted by atomic mass is 10.0. The summed E-state index contributed by atoms with van der Waals surface area (Å²) >= 11 is 1.72. The molecule has 0 bridgehead atoms. The highest BCUT2D eigenvalue weighted by molar-refractivity contribution is 7.15. The number of pyridine rings is 1. The fourth-order valence-electron chi connectivity index (χ4n) is 2.03. The average molecular weight is 246 g/mol. The van der Waals surface area contributed by atoms with Crippen molar-refractivity contribution in [3.05, 3.63) is 28.9 Å². The van der Waals surface area contributed by atoms with Crippen LogP contribution in [0.15, 0.2) is 18.3 Å². The fraction of sp³-hybridized carbons (Fsp3) is 0.333. The molecule has 0 aromatic carbocycles. The van der Waals surface area contributed by atoms with E-state index in [1.807, 2.05) is 12.1 Å². The van der Waals surface area contributed by atoms with Crippen molar-refractivity contribution in [3.63, 3.8) is 0 Å². The maximum Gasteiger partial charge on any atom is 0.188 e. The van der Waals surface area contributed by atoms with Crippen LogP contribution in [0.4, 0.5) is 16.6 Å². The van der Waals surface area contributed by atoms with Crippen LogP contribution in [0.5, 0.6) is 0 Å². The third-order valence-electron chi connectivity index (χ3n) is 2.91. The quantitative estimate of drug-likeness (QED) is 0.855. The largest absolute Gasteiger partial charge is 0.396 e. The SMILES string of the molecule is Nc1cccnc1Nc1nc2c(s1)CCCC2. The van der Waals surface area contributed by atoms with Gasteiger partial charge in [-0.25, -0.2) is 9.97 Å². The minimum absolute atomic E-state index is 0.653. The molecule has 0 unspecified atom stereocenters. The van der Waals surface area contributed by atoms with Crippen molar-refractivity contribution >= 4 is 28.0 Å². The van der Waals surface area contributed by atoms with Gasteiger partial charge in [-0.15, -0.1) is 11.3 Å². The molecule has 4 nitrogen and oxygen atoms in total. The molecular formula is C12H14N4S. The highest BCUT2D eigenvalue weighted by Gasteiger charge is 2.15. The lowest BCUT2D eigenvalue weighted by molar-refractivity contribution is 0.683. The molecule has 17 heavy (non-hydrogen) atoms. The number of nitrogens with zero attached hydrogens (tertiary/aromatic N) is 2. The van der Waals surface area contributed by atoms with Crippen LogP contribution in [0, 0.1) is 0 Å². The first-order valence-corrected chi connectivity index (χ1v) is 6.60. The molecular weight excluding hydrogens is 232 g/mol. The summed E-state index contributed by atoms with van der Waals surface area (Å²) in [6.07, 6.45) is 6.52. The van der Waals surface area contributed by atoms with Crippen LogP contribution < -0.4 is 11.1 Å². The Hall–Kier alpha value is -1.62. The van der Waals surface area contributed by atoms with Crippen LogP contribution in [0.3, 0.4) is 0 Å². The molecule has 1 aliphatic carbocycles. The summed E-state index contributed by atoms with van der Waals surface area (Å²) in [4.78, 5) is 10.2. The Morgan fingerprint density at radius 3 is 3.00 bits per heavy atom. The van der Waals surface area contributed by atoms with Gasteiger partial charge in [0.05, 0.1) is 11.4 Å². The van der Waals surface area contributed by atoms with Crippen LogP contribution in [0.1, 0.15) is 23.4 Å². The first-order valence-electron chi connectivity index (χ1n) is 5.79. The van der Waals surface area contributed by atoms with Crippen molar-refractivity contribution in [1.82, 2.24) is 9.97 Å². The van der Waals surface area contributed by atoms with E-state index in [2.05, 4.69) is 15.3 Å². The maximum absolute atomic E-state index is 5.84. The standard InChI is InChI=1S/C12H14N4S/c13-8-4-3-7-14-11(8)16-12-15-9-5-1-2-6-10(9)17-12/h3-4,7H,1-2,5-6,13H2,(H,14,15,16). The molecule has 2 aromatic rings. The third-order valence-corrected chi connectivity index (χ3v) is 3.98. The number of nitrogens with one attached hydrogen (secondary N) is 1. The summed E-state index contributed by atoms with van der Waals surface area (Å²) in [5.41, 5.74) is 7.74. The van der Waals surface area contributed by atoms with E-state index in [0.717, 1.165) is 18.0 Å². The number of nitrogens with two attached hydrogens (primary N) is 1. The first kappa shape index (κ1) is 10.5. The second-order valence-corrected chi connectivity index (χ2v) is 5.25. The van der Waals surface area contributed by atoms with Crippen LogP contribution >= 0.6 is 11.3 Å². The predicted molar refractivity (Wildman–Crippen MR) is 70.7 cm³/mol. The molecule has 0 amide bonds. The third kappa shape index (κ3) is 2.10. The zero-order valence-corrected chi connectivity index (χ0v) is 10.3. The van der Waals surface area contributed by atoms with E-state index in [1.54, 1.807) is 17.5 Å². The summed E-state index contributed by atoms with van der Waals surface area (Å²) in [5.74, 6) is 0.693. The maximum atomic E-state index is 5.84. The monoisotopic (exact) mass is 246 g/mol. The van der Waals surface area contributed by atoms with Gasteiger partial charge in [-0.1, -0.05) is 0 Å². The molecule has 2 aromatic heterocycles. The van der Waals surface area contributed by atoms with Gasteiger partial charge < -0.3 is 11.1 Å². The molecule has 0 radical (unpaired) electrons. The van der Waals surface area contributed by atoms with Crippen LogP contribution in [-0.4, -0.2) is 9.97 Å². The summed E-state index contributed by atoms with van der Waals surface area (Å²) < 4.78 is 0. The number of hydrogen-bond donors (Lipinski definition) is 2. The van der Waals surface area contributed by atoms with Gasteiger partial charge in [0.2, 0.25) is 0 Å². The molecule has 5 heteroatoms. The summed E-state index contributed by atoms with van der Waals surface area (Å²) in [7, 11) is 0. The zero-order chi connectivity index (χ0) is 11.7. The van der Waals surface area contributed by atoms with Gasteiger partial charge in [0.1, 0.15) is 0 Å². The smallest absolute Gasteiger partial charge is 0.188 e. The summed E-state index contributed by atoms with van der Waals surface area (Å²) in [5, 5.41) is 4.11. The van der Waals surface area contributed by atoms with Crippen LogP contribution in [0.2, 0.25) is 0 Å². The molecule has 0 saturated carbocycles. The van der Waals surface area contributed by atoms with E-state index in [9.17, 15) is 0 Å². The van der Waals surface area contributed by atoms with Gasteiger partial charge in [0.15, 0.2) is 10.9 Å². The Bertz CT molecular complexity index is 512. The van der Waals surface area contributed by atoms with Crippen molar-refractivity contribution in [3.8, 4) is 0 Å². The number of rotatable bonds is 2. The lowest BCUT2D eigenvalue weighted by Gasteiger charge is -2.06. The molecule has 88 valence electrons. The zero-order valence-electron chi connectivity index (χ0n) is 9.44. The minimum atomic E-state index is 0.653. The number of nitrogen functional groups attached to an aromatic ring is 1. The second kappa shape index (κ2) is 4.33. The minimum Gasteiger partial charge on any atom is -0.396 e. The van der Waals surface area contributed by atoms with Crippen molar-refractivity contribution in [2.45, 2.75) is 25.7 Å². The number of fused-ring (bicyclic) bond motifs is 1. The Kier molecular flexibility index (Phi) is 2.68. The van der Waals surface area contributed by atoms with Crippen molar-refractivity contribution in [2.75, 3.05) is 11.1 Å². The second-order valence-electron chi connectivity index (χ2n) is 4.16. The van der Waals surface area contributed by atoms with Crippen molar-refractivity contribution < 1.29 is 0 Å². The number of aryl methyl sites for hydroxylation is 2. The van der Waals surface area contributed by atoms with E-state index in [-0.39, 0.29) is 0 Å². The van der Waals surface area contributed by atoms with Gasteiger partial charge in [0.25, 0.3) is 0 Å². The van der Waals surface area contributed by atoms with Gasteiger partial charge in [0, 0.05) is 11.1 Å². The van der Waals surface area contributed by atoms with Crippen LogP contribution in [-0.2, 0) is 12.8 Å². The molecule has 2 heterocycles.